The lowest BCUT2D eigenvalue weighted by atomic mass is 10.1. The molecule has 0 spiro atoms. The van der Waals surface area contributed by atoms with Crippen molar-refractivity contribution in [2.45, 2.75) is 30.8 Å². The van der Waals surface area contributed by atoms with E-state index < -0.39 is 0 Å². The minimum absolute atomic E-state index is 0.258. The highest BCUT2D eigenvalue weighted by atomic mass is 32.2. The molecule has 1 rings (SSSR count). The van der Waals surface area contributed by atoms with Crippen LogP contribution in [-0.4, -0.2) is 22.4 Å². The second kappa shape index (κ2) is 5.92. The van der Waals surface area contributed by atoms with Crippen molar-refractivity contribution in [3.8, 4) is 0 Å². The van der Waals surface area contributed by atoms with E-state index in [9.17, 15) is 4.79 Å². The third kappa shape index (κ3) is 3.85. The molecule has 1 fully saturated rings. The fourth-order valence-electron chi connectivity index (χ4n) is 1.17. The molecule has 0 aliphatic carbocycles. The largest absolute Gasteiger partial charge is 0.303 e. The van der Waals surface area contributed by atoms with Crippen LogP contribution in [0.2, 0.25) is 0 Å². The predicted octanol–water partition coefficient (Wildman–Crippen LogP) is 2.80. The van der Waals surface area contributed by atoms with E-state index >= 15 is 0 Å². The van der Waals surface area contributed by atoms with Crippen LogP contribution in [0.1, 0.15) is 26.2 Å². The summed E-state index contributed by atoms with van der Waals surface area (Å²) in [5.74, 6) is 2.88. The first kappa shape index (κ1) is 10.5. The highest BCUT2D eigenvalue weighted by Crippen LogP contribution is 2.34. The molecule has 0 aromatic carbocycles. The molecule has 0 N–H and O–H groups in total. The van der Waals surface area contributed by atoms with Gasteiger partial charge >= 0.3 is 0 Å². The van der Waals surface area contributed by atoms with E-state index in [1.165, 1.54) is 24.3 Å². The molecule has 3 heteroatoms. The Morgan fingerprint density at radius 2 is 2.17 bits per heavy atom. The Morgan fingerprint density at radius 1 is 1.50 bits per heavy atom. The number of hydrogen-bond donors (Lipinski definition) is 0. The van der Waals surface area contributed by atoms with Crippen molar-refractivity contribution in [2.75, 3.05) is 11.5 Å². The summed E-state index contributed by atoms with van der Waals surface area (Å²) in [5, 5.41) is 0. The van der Waals surface area contributed by atoms with Crippen molar-refractivity contribution in [2.24, 2.45) is 5.92 Å². The van der Waals surface area contributed by atoms with Crippen LogP contribution in [0.3, 0.4) is 0 Å². The molecule has 12 heavy (non-hydrogen) atoms. The Bertz CT molecular complexity index is 132. The van der Waals surface area contributed by atoms with E-state index in [0.29, 0.717) is 0 Å². The Morgan fingerprint density at radius 3 is 2.75 bits per heavy atom. The van der Waals surface area contributed by atoms with Gasteiger partial charge in [-0.3, -0.25) is 0 Å². The standard InChI is InChI=1S/C9H16OS2/c1-8(7-10)3-4-9-11-5-2-6-12-9/h7-9H,2-6H2,1H3/t8-/m0/s1. The summed E-state index contributed by atoms with van der Waals surface area (Å²) in [5.41, 5.74) is 0. The number of aldehydes is 1. The lowest BCUT2D eigenvalue weighted by Gasteiger charge is -2.20. The molecule has 0 bridgehead atoms. The molecule has 0 aromatic heterocycles. The Labute approximate surface area is 83.1 Å². The van der Waals surface area contributed by atoms with Gasteiger partial charge in [0.2, 0.25) is 0 Å². The normalized spacial score (nSPS) is 22.1. The zero-order chi connectivity index (χ0) is 8.81. The Kier molecular flexibility index (Phi) is 5.16. The summed E-state index contributed by atoms with van der Waals surface area (Å²) in [6, 6.07) is 0. The van der Waals surface area contributed by atoms with Gasteiger partial charge in [-0.2, -0.15) is 0 Å². The molecule has 70 valence electrons. The molecule has 0 amide bonds. The number of rotatable bonds is 4. The smallest absolute Gasteiger partial charge is 0.122 e. The molecule has 0 saturated carbocycles. The molecule has 0 radical (unpaired) electrons. The molecule has 1 aliphatic heterocycles. The van der Waals surface area contributed by atoms with Gasteiger partial charge < -0.3 is 4.79 Å². The fraction of sp³-hybridized carbons (Fsp3) is 0.889. The zero-order valence-corrected chi connectivity index (χ0v) is 9.13. The second-order valence-electron chi connectivity index (χ2n) is 3.22. The maximum Gasteiger partial charge on any atom is 0.122 e. The molecule has 1 nitrogen and oxygen atoms in total. The van der Waals surface area contributed by atoms with E-state index in [-0.39, 0.29) is 5.92 Å². The third-order valence-corrected chi connectivity index (χ3v) is 5.07. The summed E-state index contributed by atoms with van der Waals surface area (Å²) in [6.45, 7) is 2.01. The van der Waals surface area contributed by atoms with E-state index in [2.05, 4.69) is 23.5 Å². The summed E-state index contributed by atoms with van der Waals surface area (Å²) >= 11 is 4.13. The van der Waals surface area contributed by atoms with E-state index in [1.54, 1.807) is 0 Å². The molecule has 1 saturated heterocycles. The topological polar surface area (TPSA) is 17.1 Å². The Hall–Kier alpha value is 0.370. The van der Waals surface area contributed by atoms with Crippen molar-refractivity contribution < 1.29 is 4.79 Å². The average molecular weight is 204 g/mol. The van der Waals surface area contributed by atoms with Gasteiger partial charge in [0.25, 0.3) is 0 Å². The highest BCUT2D eigenvalue weighted by molar-refractivity contribution is 8.17. The van der Waals surface area contributed by atoms with Gasteiger partial charge in [-0.05, 0) is 30.8 Å². The quantitative estimate of drug-likeness (QED) is 0.656. The van der Waals surface area contributed by atoms with E-state index in [0.717, 1.165) is 17.3 Å². The third-order valence-electron chi connectivity index (χ3n) is 1.99. The average Bonchev–Trinajstić information content (AvgIpc) is 2.16. The van der Waals surface area contributed by atoms with Crippen molar-refractivity contribution in [1.29, 1.82) is 0 Å². The van der Waals surface area contributed by atoms with E-state index in [1.807, 2.05) is 6.92 Å². The van der Waals surface area contributed by atoms with Gasteiger partial charge in [0, 0.05) is 5.92 Å². The summed E-state index contributed by atoms with van der Waals surface area (Å²) < 4.78 is 0.765. The van der Waals surface area contributed by atoms with Crippen molar-refractivity contribution in [3.63, 3.8) is 0 Å². The number of carbonyl (C=O) groups is 1. The van der Waals surface area contributed by atoms with Gasteiger partial charge in [0.1, 0.15) is 6.29 Å². The maximum absolute atomic E-state index is 10.4. The lowest BCUT2D eigenvalue weighted by Crippen LogP contribution is -2.08. The van der Waals surface area contributed by atoms with Crippen LogP contribution < -0.4 is 0 Å². The van der Waals surface area contributed by atoms with Gasteiger partial charge in [-0.15, -0.1) is 23.5 Å². The summed E-state index contributed by atoms with van der Waals surface area (Å²) in [7, 11) is 0. The van der Waals surface area contributed by atoms with Crippen LogP contribution in [0.4, 0.5) is 0 Å². The van der Waals surface area contributed by atoms with Gasteiger partial charge in [-0.1, -0.05) is 6.92 Å². The molecular formula is C9H16OS2. The number of thioether (sulfide) groups is 2. The second-order valence-corrected chi connectivity index (χ2v) is 6.14. The SMILES string of the molecule is C[C@H](C=O)CCC1SCCCS1. The van der Waals surface area contributed by atoms with Crippen molar-refractivity contribution in [1.82, 2.24) is 0 Å². The maximum atomic E-state index is 10.4. The zero-order valence-electron chi connectivity index (χ0n) is 7.49. The van der Waals surface area contributed by atoms with Crippen molar-refractivity contribution >= 4 is 29.8 Å². The minimum Gasteiger partial charge on any atom is -0.303 e. The van der Waals surface area contributed by atoms with Crippen LogP contribution in [0.5, 0.6) is 0 Å². The molecular weight excluding hydrogens is 188 g/mol. The monoisotopic (exact) mass is 204 g/mol. The lowest BCUT2D eigenvalue weighted by molar-refractivity contribution is -0.110. The molecule has 0 unspecified atom stereocenters. The van der Waals surface area contributed by atoms with Crippen LogP contribution in [0.25, 0.3) is 0 Å². The minimum atomic E-state index is 0.258. The first-order valence-corrected chi connectivity index (χ1v) is 6.61. The van der Waals surface area contributed by atoms with Gasteiger partial charge in [-0.25, -0.2) is 0 Å². The summed E-state index contributed by atoms with van der Waals surface area (Å²) in [6.07, 6.45) is 4.69. The Balaban J connectivity index is 2.08. The van der Waals surface area contributed by atoms with Crippen LogP contribution in [0.15, 0.2) is 0 Å². The van der Waals surface area contributed by atoms with Crippen LogP contribution >= 0.6 is 23.5 Å². The van der Waals surface area contributed by atoms with Gasteiger partial charge in [0.05, 0.1) is 4.58 Å². The van der Waals surface area contributed by atoms with E-state index in [4.69, 9.17) is 0 Å². The molecule has 0 aromatic rings. The van der Waals surface area contributed by atoms with Crippen LogP contribution in [-0.2, 0) is 4.79 Å². The predicted molar refractivity (Wildman–Crippen MR) is 57.8 cm³/mol. The van der Waals surface area contributed by atoms with Crippen LogP contribution in [0, 0.1) is 5.92 Å². The molecule has 1 atom stereocenters. The number of hydrogen-bond acceptors (Lipinski definition) is 3. The number of carbonyl (C=O) groups excluding carboxylic acids is 1. The first-order valence-electron chi connectivity index (χ1n) is 4.51. The van der Waals surface area contributed by atoms with Gasteiger partial charge in [0.15, 0.2) is 0 Å². The van der Waals surface area contributed by atoms with Crippen molar-refractivity contribution in [3.05, 3.63) is 0 Å². The first-order chi connectivity index (χ1) is 5.83. The highest BCUT2D eigenvalue weighted by Gasteiger charge is 2.14. The molecule has 1 aliphatic rings. The molecule has 1 heterocycles. The fourth-order valence-corrected chi connectivity index (χ4v) is 4.07. The summed E-state index contributed by atoms with van der Waals surface area (Å²) in [4.78, 5) is 10.4.